The molecule has 0 heterocycles. The first-order chi connectivity index (χ1) is 5.18. The summed E-state index contributed by atoms with van der Waals surface area (Å²) in [5.41, 5.74) is 0.909. The summed E-state index contributed by atoms with van der Waals surface area (Å²) in [6.45, 7) is -0.982. The zero-order valence-electron chi connectivity index (χ0n) is 12.2. The van der Waals surface area contributed by atoms with E-state index in [4.69, 9.17) is 0 Å². The molecule has 0 bridgehead atoms. The van der Waals surface area contributed by atoms with E-state index in [9.17, 15) is 8.78 Å². The Morgan fingerprint density at radius 2 is 1.00 bits per heavy atom. The topological polar surface area (TPSA) is 9.23 Å². The molecule has 0 aliphatic rings. The normalized spacial score (nSPS) is 5.09. The zero-order valence-corrected chi connectivity index (χ0v) is 43.5. The first kappa shape index (κ1) is 69.8. The molecule has 93 valence electrons. The van der Waals surface area contributed by atoms with Gasteiger partial charge in [-0.1, -0.05) is 0 Å². The van der Waals surface area contributed by atoms with Gasteiger partial charge >= 0.3 is 6.61 Å². The van der Waals surface area contributed by atoms with Crippen LogP contribution in [-0.4, -0.2) is 6.61 Å². The summed E-state index contributed by atoms with van der Waals surface area (Å²) in [6.07, 6.45) is 0. The van der Waals surface area contributed by atoms with E-state index in [-0.39, 0.29) is 366 Å². The SMILES string of the molecule is Cc1c[c-]c(OC(F)F)[c-]c1.[Y].[Y].[Y].[Y].[Y].[Y].[Y].[Y].[Y].[Y].[Y]. The van der Waals surface area contributed by atoms with Gasteiger partial charge in [0.25, 0.3) is 0 Å². The summed E-state index contributed by atoms with van der Waals surface area (Å²) in [6, 6.07) is 8.15. The zero-order chi connectivity index (χ0) is 8.27. The predicted molar refractivity (Wildman–Crippen MR) is 35.5 cm³/mol. The molecule has 14 heteroatoms. The number of benzene rings is 1. The van der Waals surface area contributed by atoms with Gasteiger partial charge in [0.05, 0.1) is 0 Å². The number of halogens is 2. The molecule has 1 nitrogen and oxygen atoms in total. The van der Waals surface area contributed by atoms with E-state index >= 15 is 0 Å². The van der Waals surface area contributed by atoms with Crippen LogP contribution >= 0.6 is 0 Å². The van der Waals surface area contributed by atoms with Crippen molar-refractivity contribution in [3.05, 3.63) is 29.8 Å². The van der Waals surface area contributed by atoms with Gasteiger partial charge in [-0.3, -0.25) is 17.7 Å². The molecule has 0 atom stereocenters. The van der Waals surface area contributed by atoms with E-state index in [0.717, 1.165) is 5.56 Å². The first-order valence-corrected chi connectivity index (χ1v) is 3.03. The van der Waals surface area contributed by atoms with Gasteiger partial charge in [-0.15, -0.1) is 12.7 Å². The second-order valence-corrected chi connectivity index (χ2v) is 2.03. The van der Waals surface area contributed by atoms with E-state index in [1.165, 1.54) is 0 Å². The molecular formula is C8H6F2OY11-2. The van der Waals surface area contributed by atoms with Crippen molar-refractivity contribution < 1.29 is 373 Å². The first-order valence-electron chi connectivity index (χ1n) is 3.03. The second kappa shape index (κ2) is 49.2. The minimum atomic E-state index is -2.80. The van der Waals surface area contributed by atoms with Crippen LogP contribution in [0.25, 0.3) is 0 Å². The average Bonchev–Trinajstić information content (AvgIpc) is 1.93. The van der Waals surface area contributed by atoms with Crippen molar-refractivity contribution in [3.63, 3.8) is 0 Å². The molecular weight excluding hydrogens is 1130 g/mol. The molecule has 0 amide bonds. The maximum absolute atomic E-state index is 11.6. The Kier molecular flexibility index (Phi) is 156. The van der Waals surface area contributed by atoms with Gasteiger partial charge < -0.3 is 16.9 Å². The average molecular weight is 1130 g/mol. The Hall–Kier alpha value is 11.0. The molecule has 1 aromatic rings. The molecule has 0 unspecified atom stereocenters. The summed E-state index contributed by atoms with van der Waals surface area (Å²) >= 11 is 0. The van der Waals surface area contributed by atoms with E-state index < -0.39 is 6.61 Å². The third-order valence-electron chi connectivity index (χ3n) is 1.07. The van der Waals surface area contributed by atoms with Crippen LogP contribution < -0.4 is 4.74 Å². The standard InChI is InChI=1S/C8H6F2O.11Y/c1-6-2-4-7(5-3-6)11-8(9)10;;;;;;;;;;;/h2-3,8H,1H3;;;;;;;;;;;/q-2;;;;;;;;;;;. The van der Waals surface area contributed by atoms with Crippen molar-refractivity contribution in [2.24, 2.45) is 0 Å². The van der Waals surface area contributed by atoms with Crippen LogP contribution in [-0.2, 0) is 360 Å². The molecule has 1 rings (SSSR count). The van der Waals surface area contributed by atoms with Crippen LogP contribution in [0, 0.1) is 19.1 Å². The smallest absolute Gasteiger partial charge is 0.383 e. The van der Waals surface area contributed by atoms with E-state index in [0.29, 0.717) is 0 Å². The molecule has 11 radical (unpaired) electrons. The summed E-state index contributed by atoms with van der Waals surface area (Å²) in [4.78, 5) is 0. The van der Waals surface area contributed by atoms with Crippen molar-refractivity contribution in [1.29, 1.82) is 0 Å². The number of alkyl halides is 2. The van der Waals surface area contributed by atoms with Crippen LogP contribution in [0.4, 0.5) is 8.78 Å². The second-order valence-electron chi connectivity index (χ2n) is 2.03. The quantitative estimate of drug-likeness (QED) is 0.414. The van der Waals surface area contributed by atoms with E-state index in [1.54, 1.807) is 12.1 Å². The van der Waals surface area contributed by atoms with Crippen molar-refractivity contribution in [2.45, 2.75) is 13.5 Å². The van der Waals surface area contributed by atoms with Crippen LogP contribution in [0.3, 0.4) is 0 Å². The molecule has 0 saturated carbocycles. The summed E-state index contributed by atoms with van der Waals surface area (Å²) < 4.78 is 27.1. The van der Waals surface area contributed by atoms with Crippen molar-refractivity contribution >= 4 is 0 Å². The van der Waals surface area contributed by atoms with Crippen molar-refractivity contribution in [2.75, 3.05) is 0 Å². The molecule has 0 saturated heterocycles. The molecule has 1 aromatic carbocycles. The van der Waals surface area contributed by atoms with Gasteiger partial charge in [-0.05, 0) is 0 Å². The molecule has 0 aromatic heterocycles. The fourth-order valence-electron chi connectivity index (χ4n) is 0.599. The Morgan fingerprint density at radius 3 is 1.23 bits per heavy atom. The van der Waals surface area contributed by atoms with Gasteiger partial charge in [-0.25, -0.2) is 0 Å². The molecule has 0 aliphatic carbocycles. The van der Waals surface area contributed by atoms with E-state index in [1.807, 2.05) is 6.92 Å². The Labute approximate surface area is 409 Å². The predicted octanol–water partition coefficient (Wildman–Crippen LogP) is 2.17. The fourth-order valence-corrected chi connectivity index (χ4v) is 0.599. The third-order valence-corrected chi connectivity index (χ3v) is 1.07. The largest absolute Gasteiger partial charge is 0.488 e. The molecule has 0 spiro atoms. The third kappa shape index (κ3) is 44.7. The molecule has 22 heavy (non-hydrogen) atoms. The number of hydrogen-bond acceptors (Lipinski definition) is 1. The maximum atomic E-state index is 11.6. The number of hydrogen-bond donors (Lipinski definition) is 0. The van der Waals surface area contributed by atoms with Gasteiger partial charge in [-0.2, -0.15) is 8.78 Å². The van der Waals surface area contributed by atoms with Gasteiger partial charge in [0.2, 0.25) is 0 Å². The minimum absolute atomic E-state index is 0. The van der Waals surface area contributed by atoms with Gasteiger partial charge in [0, 0.05) is 360 Å². The van der Waals surface area contributed by atoms with Crippen LogP contribution in [0.2, 0.25) is 0 Å². The van der Waals surface area contributed by atoms with Crippen molar-refractivity contribution in [1.82, 2.24) is 0 Å². The van der Waals surface area contributed by atoms with Gasteiger partial charge in [0.1, 0.15) is 0 Å². The van der Waals surface area contributed by atoms with Crippen LogP contribution in [0.15, 0.2) is 12.1 Å². The fraction of sp³-hybridized carbons (Fsp3) is 0.250. The van der Waals surface area contributed by atoms with E-state index in [2.05, 4.69) is 16.9 Å². The minimum Gasteiger partial charge on any atom is -0.488 e. The molecule has 0 aliphatic heterocycles. The van der Waals surface area contributed by atoms with Crippen molar-refractivity contribution in [3.8, 4) is 5.75 Å². The maximum Gasteiger partial charge on any atom is 0.383 e. The van der Waals surface area contributed by atoms with Gasteiger partial charge in [0.15, 0.2) is 0 Å². The monoisotopic (exact) mass is 1130 g/mol. The Bertz CT molecular complexity index is 240. The summed E-state index contributed by atoms with van der Waals surface area (Å²) in [7, 11) is 0. The number of rotatable bonds is 2. The number of aryl methyl sites for hydroxylation is 1. The molecule has 0 N–H and O–H groups in total. The molecule has 0 fully saturated rings. The summed E-state index contributed by atoms with van der Waals surface area (Å²) in [5.74, 6) is -0.0504. The van der Waals surface area contributed by atoms with Crippen LogP contribution in [0.5, 0.6) is 5.75 Å². The number of ether oxygens (including phenoxy) is 1. The van der Waals surface area contributed by atoms with Crippen LogP contribution in [0.1, 0.15) is 5.56 Å². The Morgan fingerprint density at radius 1 is 0.727 bits per heavy atom. The summed E-state index contributed by atoms with van der Waals surface area (Å²) in [5, 5.41) is 0. The Balaban J connectivity index is -0.0000000122.